The molecule has 0 aromatic carbocycles. The quantitative estimate of drug-likeness (QED) is 0.657. The van der Waals surface area contributed by atoms with Crippen LogP contribution in [0.25, 0.3) is 0 Å². The van der Waals surface area contributed by atoms with Crippen molar-refractivity contribution in [1.82, 2.24) is 10.2 Å². The summed E-state index contributed by atoms with van der Waals surface area (Å²) in [4.78, 5) is 2.36. The second kappa shape index (κ2) is 5.64. The fourth-order valence-electron chi connectivity index (χ4n) is 2.41. The van der Waals surface area contributed by atoms with E-state index in [-0.39, 0.29) is 6.10 Å². The van der Waals surface area contributed by atoms with E-state index < -0.39 is 0 Å². The Morgan fingerprint density at radius 2 is 1.93 bits per heavy atom. The maximum atomic E-state index is 9.85. The van der Waals surface area contributed by atoms with Gasteiger partial charge in [0.2, 0.25) is 0 Å². The van der Waals surface area contributed by atoms with Crippen molar-refractivity contribution in [2.45, 2.75) is 37.8 Å². The van der Waals surface area contributed by atoms with Crippen LogP contribution in [0.1, 0.15) is 25.7 Å². The van der Waals surface area contributed by atoms with Crippen LogP contribution in [0.15, 0.2) is 12.2 Å². The van der Waals surface area contributed by atoms with Gasteiger partial charge in [0.25, 0.3) is 0 Å². The number of nitrogens with zero attached hydrogens (tertiary/aromatic N) is 1. The normalized spacial score (nSPS) is 25.1. The number of likely N-dealkylation sites (tertiary alicyclic amines) is 1. The number of rotatable bonds is 5. The van der Waals surface area contributed by atoms with Gasteiger partial charge in [0, 0.05) is 19.1 Å². The Labute approximate surface area is 92.2 Å². The van der Waals surface area contributed by atoms with Crippen LogP contribution in [-0.2, 0) is 0 Å². The highest BCUT2D eigenvalue weighted by Gasteiger charge is 2.17. The Kier molecular flexibility index (Phi) is 4.18. The smallest absolute Gasteiger partial charge is 0.0791 e. The first-order chi connectivity index (χ1) is 7.34. The average molecular weight is 210 g/mol. The zero-order chi connectivity index (χ0) is 10.5. The van der Waals surface area contributed by atoms with E-state index in [2.05, 4.69) is 22.4 Å². The van der Waals surface area contributed by atoms with Crippen molar-refractivity contribution in [2.75, 3.05) is 26.2 Å². The van der Waals surface area contributed by atoms with Crippen molar-refractivity contribution in [3.63, 3.8) is 0 Å². The maximum absolute atomic E-state index is 9.85. The van der Waals surface area contributed by atoms with Crippen LogP contribution < -0.4 is 5.32 Å². The molecule has 1 unspecified atom stereocenters. The highest BCUT2D eigenvalue weighted by atomic mass is 16.3. The second-order valence-electron chi connectivity index (χ2n) is 4.71. The van der Waals surface area contributed by atoms with Crippen molar-refractivity contribution in [1.29, 1.82) is 0 Å². The highest BCUT2D eigenvalue weighted by molar-refractivity contribution is 4.97. The molecule has 3 nitrogen and oxygen atoms in total. The molecule has 2 N–H and O–H groups in total. The SMILES string of the molecule is OC(CNC1CC=CC1)CN1CCCC1. The van der Waals surface area contributed by atoms with E-state index in [0.717, 1.165) is 25.9 Å². The van der Waals surface area contributed by atoms with Crippen LogP contribution in [-0.4, -0.2) is 48.3 Å². The lowest BCUT2D eigenvalue weighted by Crippen LogP contribution is -2.40. The zero-order valence-corrected chi connectivity index (χ0v) is 9.36. The van der Waals surface area contributed by atoms with E-state index in [1.165, 1.54) is 25.9 Å². The molecule has 0 amide bonds. The van der Waals surface area contributed by atoms with E-state index in [1.807, 2.05) is 0 Å². The minimum Gasteiger partial charge on any atom is -0.390 e. The molecule has 0 saturated carbocycles. The van der Waals surface area contributed by atoms with Gasteiger partial charge in [-0.1, -0.05) is 12.2 Å². The molecule has 1 saturated heterocycles. The van der Waals surface area contributed by atoms with E-state index >= 15 is 0 Å². The summed E-state index contributed by atoms with van der Waals surface area (Å²) in [5.74, 6) is 0. The number of nitrogens with one attached hydrogen (secondary N) is 1. The maximum Gasteiger partial charge on any atom is 0.0791 e. The summed E-state index contributed by atoms with van der Waals surface area (Å²) in [7, 11) is 0. The van der Waals surface area contributed by atoms with Crippen LogP contribution in [0.5, 0.6) is 0 Å². The lowest BCUT2D eigenvalue weighted by molar-refractivity contribution is 0.121. The van der Waals surface area contributed by atoms with Crippen molar-refractivity contribution in [2.24, 2.45) is 0 Å². The van der Waals surface area contributed by atoms with Crippen molar-refractivity contribution in [3.8, 4) is 0 Å². The largest absolute Gasteiger partial charge is 0.390 e. The minimum absolute atomic E-state index is 0.205. The lowest BCUT2D eigenvalue weighted by Gasteiger charge is -2.21. The number of aliphatic hydroxyl groups is 1. The second-order valence-corrected chi connectivity index (χ2v) is 4.71. The number of hydrogen-bond donors (Lipinski definition) is 2. The van der Waals surface area contributed by atoms with E-state index in [4.69, 9.17) is 0 Å². The molecule has 3 heteroatoms. The van der Waals surface area contributed by atoms with Gasteiger partial charge in [0.05, 0.1) is 6.10 Å². The van der Waals surface area contributed by atoms with Crippen LogP contribution in [0.4, 0.5) is 0 Å². The fourth-order valence-corrected chi connectivity index (χ4v) is 2.41. The number of β-amino-alcohol motifs (C(OH)–C–C–N with tert-alkyl or cyclic N) is 1. The summed E-state index contributed by atoms with van der Waals surface area (Å²) >= 11 is 0. The molecule has 1 heterocycles. The van der Waals surface area contributed by atoms with Crippen LogP contribution in [0, 0.1) is 0 Å². The third-order valence-electron chi connectivity index (χ3n) is 3.32. The summed E-state index contributed by atoms with van der Waals surface area (Å²) in [5, 5.41) is 13.3. The molecule has 1 fully saturated rings. The van der Waals surface area contributed by atoms with Crippen LogP contribution in [0.2, 0.25) is 0 Å². The van der Waals surface area contributed by atoms with Crippen LogP contribution in [0.3, 0.4) is 0 Å². The molecule has 0 spiro atoms. The van der Waals surface area contributed by atoms with Gasteiger partial charge >= 0.3 is 0 Å². The molecule has 15 heavy (non-hydrogen) atoms. The predicted molar refractivity (Wildman–Crippen MR) is 61.8 cm³/mol. The topological polar surface area (TPSA) is 35.5 Å². The fraction of sp³-hybridized carbons (Fsp3) is 0.833. The molecule has 0 aromatic rings. The standard InChI is InChI=1S/C12H22N2O/c15-12(10-14-7-3-4-8-14)9-13-11-5-1-2-6-11/h1-2,11-13,15H,3-10H2. The van der Waals surface area contributed by atoms with E-state index in [0.29, 0.717) is 6.04 Å². The van der Waals surface area contributed by atoms with Gasteiger partial charge in [-0.3, -0.25) is 0 Å². The molecule has 0 aromatic heterocycles. The molecular formula is C12H22N2O. The van der Waals surface area contributed by atoms with Crippen molar-refractivity contribution in [3.05, 3.63) is 12.2 Å². The highest BCUT2D eigenvalue weighted by Crippen LogP contribution is 2.10. The van der Waals surface area contributed by atoms with Gasteiger partial charge in [-0.15, -0.1) is 0 Å². The van der Waals surface area contributed by atoms with Crippen molar-refractivity contribution < 1.29 is 5.11 Å². The summed E-state index contributed by atoms with van der Waals surface area (Å²) in [6.07, 6.45) is 9.06. The summed E-state index contributed by atoms with van der Waals surface area (Å²) in [6.45, 7) is 3.92. The molecule has 0 bridgehead atoms. The van der Waals surface area contributed by atoms with E-state index in [9.17, 15) is 5.11 Å². The Morgan fingerprint density at radius 1 is 1.27 bits per heavy atom. The Bertz CT molecular complexity index is 204. The molecule has 1 aliphatic heterocycles. The van der Waals surface area contributed by atoms with Gasteiger partial charge in [-0.05, 0) is 38.8 Å². The molecule has 0 radical (unpaired) electrons. The van der Waals surface area contributed by atoms with Gasteiger partial charge in [0.15, 0.2) is 0 Å². The first kappa shape index (κ1) is 11.1. The molecular weight excluding hydrogens is 188 g/mol. The Balaban J connectivity index is 1.57. The number of aliphatic hydroxyl groups excluding tert-OH is 1. The van der Waals surface area contributed by atoms with Crippen molar-refractivity contribution >= 4 is 0 Å². The molecule has 1 aliphatic carbocycles. The summed E-state index contributed by atoms with van der Waals surface area (Å²) in [5.41, 5.74) is 0. The monoisotopic (exact) mass is 210 g/mol. The molecule has 86 valence electrons. The van der Waals surface area contributed by atoms with Gasteiger partial charge < -0.3 is 15.3 Å². The minimum atomic E-state index is -0.205. The molecule has 2 rings (SSSR count). The first-order valence-electron chi connectivity index (χ1n) is 6.13. The summed E-state index contributed by atoms with van der Waals surface area (Å²) in [6, 6.07) is 0.568. The van der Waals surface area contributed by atoms with Gasteiger partial charge in [-0.2, -0.15) is 0 Å². The molecule has 2 aliphatic rings. The van der Waals surface area contributed by atoms with E-state index in [1.54, 1.807) is 0 Å². The Hall–Kier alpha value is -0.380. The van der Waals surface area contributed by atoms with Gasteiger partial charge in [0.1, 0.15) is 0 Å². The molecule has 1 atom stereocenters. The first-order valence-corrected chi connectivity index (χ1v) is 6.13. The predicted octanol–water partition coefficient (Wildman–Crippen LogP) is 0.751. The van der Waals surface area contributed by atoms with Gasteiger partial charge in [-0.25, -0.2) is 0 Å². The third kappa shape index (κ3) is 3.59. The summed E-state index contributed by atoms with van der Waals surface area (Å²) < 4.78 is 0. The average Bonchev–Trinajstić information content (AvgIpc) is 2.86. The number of hydrogen-bond acceptors (Lipinski definition) is 3. The lowest BCUT2D eigenvalue weighted by atomic mass is 10.2. The zero-order valence-electron chi connectivity index (χ0n) is 9.36. The Morgan fingerprint density at radius 3 is 2.60 bits per heavy atom. The van der Waals surface area contributed by atoms with Crippen LogP contribution >= 0.6 is 0 Å². The third-order valence-corrected chi connectivity index (χ3v) is 3.32.